The minimum Gasteiger partial charge on any atom is -0.494 e. The maximum Gasteiger partial charge on any atom is 0.389 e. The van der Waals surface area contributed by atoms with E-state index in [1.807, 2.05) is 0 Å². The number of halogens is 3. The first kappa shape index (κ1) is 37.4. The molecule has 0 radical (unpaired) electrons. The normalized spacial score (nSPS) is 11.3. The molecular formula is C34H37F3N2O9. The smallest absolute Gasteiger partial charge is 0.389 e. The number of nitrogen functional groups attached to an aromatic ring is 2. The van der Waals surface area contributed by atoms with Crippen molar-refractivity contribution >= 4 is 35.4 Å². The molecule has 0 amide bonds. The summed E-state index contributed by atoms with van der Waals surface area (Å²) in [5, 5.41) is 0. The van der Waals surface area contributed by atoms with Crippen LogP contribution in [0.3, 0.4) is 0 Å². The van der Waals surface area contributed by atoms with Crippen molar-refractivity contribution in [3.8, 4) is 11.5 Å². The van der Waals surface area contributed by atoms with Crippen molar-refractivity contribution in [1.82, 2.24) is 0 Å². The Morgan fingerprint density at radius 1 is 0.646 bits per heavy atom. The van der Waals surface area contributed by atoms with Gasteiger partial charge in [0.2, 0.25) is 0 Å². The number of hydrogen-bond acceptors (Lipinski definition) is 11. The van der Waals surface area contributed by atoms with Crippen LogP contribution in [0.4, 0.5) is 24.5 Å². The highest BCUT2D eigenvalue weighted by Crippen LogP contribution is 2.23. The summed E-state index contributed by atoms with van der Waals surface area (Å²) in [4.78, 5) is 36.4. The Labute approximate surface area is 275 Å². The molecule has 0 saturated heterocycles. The number of carbonyl (C=O) groups excluding carboxylic acids is 3. The Balaban J connectivity index is 1.23. The van der Waals surface area contributed by atoms with Crippen molar-refractivity contribution in [2.75, 3.05) is 57.7 Å². The molecule has 3 rings (SSSR count). The number of unbranched alkanes of at least 4 members (excludes halogenated alkanes) is 1. The standard InChI is InChI=1S/C34H37F3N2O9/c35-34(36,37)13-1-2-14-45-29-10-6-25(7-11-29)33(42)48-30-8-3-24(4-9-30)5-12-31(40)46-19-17-43-15-16-44-18-20-47-32(41)26-21-27(38)23-28(39)22-26/h3-12,21-23H,1-2,13-20,38-39H2. The van der Waals surface area contributed by atoms with Gasteiger partial charge in [-0.2, -0.15) is 13.2 Å². The molecule has 48 heavy (non-hydrogen) atoms. The summed E-state index contributed by atoms with van der Waals surface area (Å²) < 4.78 is 68.2. The van der Waals surface area contributed by atoms with Gasteiger partial charge in [0.25, 0.3) is 0 Å². The van der Waals surface area contributed by atoms with Crippen molar-refractivity contribution < 1.29 is 56.0 Å². The highest BCUT2D eigenvalue weighted by molar-refractivity contribution is 5.92. The van der Waals surface area contributed by atoms with E-state index in [1.165, 1.54) is 36.4 Å². The molecule has 0 spiro atoms. The predicted molar refractivity (Wildman–Crippen MR) is 170 cm³/mol. The van der Waals surface area contributed by atoms with E-state index in [2.05, 4.69) is 0 Å². The van der Waals surface area contributed by atoms with Gasteiger partial charge >= 0.3 is 24.1 Å². The van der Waals surface area contributed by atoms with Gasteiger partial charge in [0, 0.05) is 23.9 Å². The fourth-order valence-corrected chi connectivity index (χ4v) is 3.92. The fraction of sp³-hybridized carbons (Fsp3) is 0.324. The zero-order valence-corrected chi connectivity index (χ0v) is 26.0. The molecule has 0 atom stereocenters. The first-order valence-corrected chi connectivity index (χ1v) is 14.9. The SMILES string of the molecule is Nc1cc(N)cc(C(=O)OCCOCCOCCOC(=O)C=Cc2ccc(OC(=O)c3ccc(OCCCCC(F)(F)F)cc3)cc2)c1. The van der Waals surface area contributed by atoms with Gasteiger partial charge in [-0.05, 0) is 79.1 Å². The monoisotopic (exact) mass is 674 g/mol. The molecule has 4 N–H and O–H groups in total. The number of rotatable bonds is 19. The van der Waals surface area contributed by atoms with E-state index in [0.717, 1.165) is 0 Å². The van der Waals surface area contributed by atoms with Crippen molar-refractivity contribution in [2.45, 2.75) is 25.4 Å². The van der Waals surface area contributed by atoms with Crippen LogP contribution in [0.1, 0.15) is 45.5 Å². The predicted octanol–water partition coefficient (Wildman–Crippen LogP) is 5.63. The van der Waals surface area contributed by atoms with Crippen molar-refractivity contribution in [3.05, 3.63) is 89.5 Å². The van der Waals surface area contributed by atoms with Crippen LogP contribution in [0.15, 0.2) is 72.8 Å². The minimum absolute atomic E-state index is 0.0180. The quantitative estimate of drug-likeness (QED) is 0.0534. The minimum atomic E-state index is -4.18. The topological polar surface area (TPSA) is 159 Å². The van der Waals surface area contributed by atoms with Crippen LogP contribution >= 0.6 is 0 Å². The Morgan fingerprint density at radius 2 is 1.23 bits per heavy atom. The van der Waals surface area contributed by atoms with Crippen LogP contribution in [0.2, 0.25) is 0 Å². The lowest BCUT2D eigenvalue weighted by atomic mass is 10.2. The third-order valence-corrected chi connectivity index (χ3v) is 6.23. The molecule has 14 heteroatoms. The molecule has 258 valence electrons. The van der Waals surface area contributed by atoms with Crippen molar-refractivity contribution in [2.24, 2.45) is 0 Å². The van der Waals surface area contributed by atoms with Gasteiger partial charge in [-0.15, -0.1) is 0 Å². The van der Waals surface area contributed by atoms with Crippen LogP contribution in [-0.2, 0) is 23.7 Å². The first-order chi connectivity index (χ1) is 23.0. The van der Waals surface area contributed by atoms with E-state index >= 15 is 0 Å². The molecule has 0 fully saturated rings. The molecule has 3 aromatic rings. The molecule has 0 aliphatic carbocycles. The van der Waals surface area contributed by atoms with E-state index in [-0.39, 0.29) is 76.0 Å². The number of hydrogen-bond donors (Lipinski definition) is 2. The number of carbonyl (C=O) groups is 3. The van der Waals surface area contributed by atoms with E-state index in [9.17, 15) is 27.6 Å². The number of ether oxygens (including phenoxy) is 6. The van der Waals surface area contributed by atoms with Crippen molar-refractivity contribution in [1.29, 1.82) is 0 Å². The first-order valence-electron chi connectivity index (χ1n) is 14.9. The van der Waals surface area contributed by atoms with Gasteiger partial charge < -0.3 is 39.9 Å². The van der Waals surface area contributed by atoms with E-state index in [0.29, 0.717) is 22.7 Å². The Morgan fingerprint density at radius 3 is 1.85 bits per heavy atom. The molecule has 11 nitrogen and oxygen atoms in total. The third kappa shape index (κ3) is 15.0. The van der Waals surface area contributed by atoms with Crippen LogP contribution in [-0.4, -0.2) is 70.3 Å². The zero-order valence-electron chi connectivity index (χ0n) is 26.0. The van der Waals surface area contributed by atoms with Crippen LogP contribution < -0.4 is 20.9 Å². The van der Waals surface area contributed by atoms with Gasteiger partial charge in [-0.25, -0.2) is 14.4 Å². The fourth-order valence-electron chi connectivity index (χ4n) is 3.92. The maximum atomic E-state index is 12.4. The third-order valence-electron chi connectivity index (χ3n) is 6.23. The van der Waals surface area contributed by atoms with Gasteiger partial charge in [0.15, 0.2) is 0 Å². The summed E-state index contributed by atoms with van der Waals surface area (Å²) in [6.07, 6.45) is -1.99. The summed E-state index contributed by atoms with van der Waals surface area (Å²) in [6, 6.07) is 17.0. The second-order valence-electron chi connectivity index (χ2n) is 10.2. The summed E-state index contributed by atoms with van der Waals surface area (Å²) in [7, 11) is 0. The average Bonchev–Trinajstić information content (AvgIpc) is 3.04. The Bertz CT molecular complexity index is 1470. The number of anilines is 2. The lowest BCUT2D eigenvalue weighted by molar-refractivity contribution is -0.139. The van der Waals surface area contributed by atoms with Crippen LogP contribution in [0, 0.1) is 0 Å². The van der Waals surface area contributed by atoms with Gasteiger partial charge in [0.1, 0.15) is 24.7 Å². The molecule has 0 aromatic heterocycles. The molecule has 0 aliphatic heterocycles. The largest absolute Gasteiger partial charge is 0.494 e. The Kier molecular flexibility index (Phi) is 15.2. The lowest BCUT2D eigenvalue weighted by Crippen LogP contribution is -2.15. The second kappa shape index (κ2) is 19.6. The van der Waals surface area contributed by atoms with E-state index in [4.69, 9.17) is 39.9 Å². The lowest BCUT2D eigenvalue weighted by Gasteiger charge is -2.09. The molecule has 0 aliphatic rings. The summed E-state index contributed by atoms with van der Waals surface area (Å²) >= 11 is 0. The van der Waals surface area contributed by atoms with Gasteiger partial charge in [0.05, 0.1) is 44.2 Å². The van der Waals surface area contributed by atoms with Crippen LogP contribution in [0.5, 0.6) is 11.5 Å². The van der Waals surface area contributed by atoms with Crippen molar-refractivity contribution in [3.63, 3.8) is 0 Å². The molecule has 0 saturated carbocycles. The summed E-state index contributed by atoms with van der Waals surface area (Å²) in [5.41, 5.74) is 13.2. The zero-order chi connectivity index (χ0) is 34.8. The molecule has 0 unspecified atom stereocenters. The summed E-state index contributed by atoms with van der Waals surface area (Å²) in [6.45, 7) is 1.05. The molecule has 0 bridgehead atoms. The molecular weight excluding hydrogens is 637 g/mol. The number of alkyl halides is 3. The molecule has 0 heterocycles. The molecule has 3 aromatic carbocycles. The van der Waals surface area contributed by atoms with Gasteiger partial charge in [-0.1, -0.05) is 12.1 Å². The van der Waals surface area contributed by atoms with E-state index < -0.39 is 30.5 Å². The second-order valence-corrected chi connectivity index (χ2v) is 10.2. The summed E-state index contributed by atoms with van der Waals surface area (Å²) in [5.74, 6) is -1.01. The highest BCUT2D eigenvalue weighted by atomic mass is 19.4. The van der Waals surface area contributed by atoms with Gasteiger partial charge in [-0.3, -0.25) is 0 Å². The highest BCUT2D eigenvalue weighted by Gasteiger charge is 2.25. The Hall–Kier alpha value is -5.08. The number of benzene rings is 3. The van der Waals surface area contributed by atoms with Crippen LogP contribution in [0.25, 0.3) is 6.08 Å². The van der Waals surface area contributed by atoms with E-state index in [1.54, 1.807) is 42.5 Å². The number of esters is 3. The number of nitrogens with two attached hydrogens (primary N) is 2. The maximum absolute atomic E-state index is 12.4. The average molecular weight is 675 g/mol.